The normalized spacial score (nSPS) is 13.8. The minimum atomic E-state index is -0.797. The summed E-state index contributed by atoms with van der Waals surface area (Å²) in [6.45, 7) is 5.52. The van der Waals surface area contributed by atoms with Gasteiger partial charge < -0.3 is 5.11 Å². The van der Waals surface area contributed by atoms with Crippen LogP contribution in [0.3, 0.4) is 0 Å². The fourth-order valence-corrected chi connectivity index (χ4v) is 4.51. The lowest BCUT2D eigenvalue weighted by molar-refractivity contribution is -0.577. The van der Waals surface area contributed by atoms with Crippen molar-refractivity contribution in [2.75, 3.05) is 4.90 Å². The molecule has 0 atom stereocenters. The Morgan fingerprint density at radius 2 is 1.70 bits per heavy atom. The summed E-state index contributed by atoms with van der Waals surface area (Å²) in [6, 6.07) is 15.6. The van der Waals surface area contributed by atoms with E-state index in [1.54, 1.807) is 42.7 Å². The number of rotatable bonds is 5. The second-order valence-electron chi connectivity index (χ2n) is 9.02. The number of benzene rings is 2. The summed E-state index contributed by atoms with van der Waals surface area (Å²) in [5, 5.41) is 18.9. The van der Waals surface area contributed by atoms with Gasteiger partial charge in [-0.3, -0.25) is 9.59 Å². The minimum Gasteiger partial charge on any atom is -0.858 e. The van der Waals surface area contributed by atoms with E-state index in [1.807, 2.05) is 26.8 Å². The molecule has 4 aromatic rings. The van der Waals surface area contributed by atoms with Crippen molar-refractivity contribution >= 4 is 40.4 Å². The van der Waals surface area contributed by atoms with Crippen LogP contribution in [-0.4, -0.2) is 21.6 Å². The first-order valence-electron chi connectivity index (χ1n) is 11.6. The van der Waals surface area contributed by atoms with E-state index in [1.165, 1.54) is 33.5 Å². The molecule has 9 heteroatoms. The summed E-state index contributed by atoms with van der Waals surface area (Å²) < 4.78 is 17.5. The molecule has 5 rings (SSSR count). The molecule has 0 saturated heterocycles. The maximum Gasteiger partial charge on any atom is 0.331 e. The Hall–Kier alpha value is -4.30. The zero-order valence-electron chi connectivity index (χ0n) is 20.3. The smallest absolute Gasteiger partial charge is 0.331 e. The first kappa shape index (κ1) is 24.4. The highest BCUT2D eigenvalue weighted by atomic mass is 35.5. The van der Waals surface area contributed by atoms with Crippen molar-refractivity contribution in [1.29, 1.82) is 0 Å². The molecule has 2 aromatic heterocycles. The second kappa shape index (κ2) is 9.29. The van der Waals surface area contributed by atoms with Gasteiger partial charge in [0.2, 0.25) is 0 Å². The largest absolute Gasteiger partial charge is 0.858 e. The molecule has 3 heterocycles. The van der Waals surface area contributed by atoms with Crippen LogP contribution in [0.15, 0.2) is 73.1 Å². The van der Waals surface area contributed by atoms with Crippen molar-refractivity contribution in [2.24, 2.45) is 0 Å². The molecule has 7 nitrogen and oxygen atoms in total. The van der Waals surface area contributed by atoms with Gasteiger partial charge >= 0.3 is 5.91 Å². The number of hydrogen-bond donors (Lipinski definition) is 0. The quantitative estimate of drug-likeness (QED) is 0.291. The third-order valence-electron chi connectivity index (χ3n) is 6.10. The van der Waals surface area contributed by atoms with Crippen LogP contribution in [0.25, 0.3) is 17.0 Å². The minimum absolute atomic E-state index is 0.00569. The molecule has 1 aliphatic heterocycles. The number of imide groups is 1. The summed E-state index contributed by atoms with van der Waals surface area (Å²) in [5.74, 6) is -3.11. The van der Waals surface area contributed by atoms with Gasteiger partial charge in [0.05, 0.1) is 17.1 Å². The molecule has 0 fully saturated rings. The summed E-state index contributed by atoms with van der Waals surface area (Å²) >= 11 is 6.02. The Kier molecular flexibility index (Phi) is 6.13. The molecular formula is C28H22ClFN4O3. The summed E-state index contributed by atoms with van der Waals surface area (Å²) in [6.07, 6.45) is 3.29. The zero-order valence-corrected chi connectivity index (χ0v) is 21.0. The fraction of sp³-hybridized carbons (Fsp3) is 0.143. The molecular weight excluding hydrogens is 495 g/mol. The van der Waals surface area contributed by atoms with Crippen molar-refractivity contribution in [3.05, 3.63) is 101 Å². The molecule has 0 bridgehead atoms. The van der Waals surface area contributed by atoms with Crippen LogP contribution < -0.4 is 14.6 Å². The number of hydrogen-bond acceptors (Lipinski definition) is 4. The average molecular weight is 517 g/mol. The monoisotopic (exact) mass is 516 g/mol. The number of aromatic nitrogens is 3. The Morgan fingerprint density at radius 3 is 2.35 bits per heavy atom. The van der Waals surface area contributed by atoms with Crippen LogP contribution in [0.4, 0.5) is 10.1 Å². The van der Waals surface area contributed by atoms with Gasteiger partial charge in [-0.2, -0.15) is 9.67 Å². The first-order valence-corrected chi connectivity index (χ1v) is 12.0. The summed E-state index contributed by atoms with van der Waals surface area (Å²) in [7, 11) is 0. The van der Waals surface area contributed by atoms with Gasteiger partial charge in [0.15, 0.2) is 12.4 Å². The molecule has 2 aromatic carbocycles. The number of anilines is 1. The van der Waals surface area contributed by atoms with E-state index >= 15 is 0 Å². The van der Waals surface area contributed by atoms with E-state index in [2.05, 4.69) is 5.10 Å². The average Bonchev–Trinajstić information content (AvgIpc) is 3.33. The van der Waals surface area contributed by atoms with E-state index < -0.39 is 23.5 Å². The summed E-state index contributed by atoms with van der Waals surface area (Å²) in [5.41, 5.74) is 1.26. The molecule has 2 amide bonds. The van der Waals surface area contributed by atoms with E-state index in [-0.39, 0.29) is 28.4 Å². The van der Waals surface area contributed by atoms with E-state index in [0.29, 0.717) is 16.4 Å². The van der Waals surface area contributed by atoms with Crippen LogP contribution in [0.1, 0.15) is 36.6 Å². The second-order valence-corrected chi connectivity index (χ2v) is 9.45. The lowest BCUT2D eigenvalue weighted by Gasteiger charge is -2.16. The number of para-hydroxylation sites is 1. The molecule has 0 radical (unpaired) electrons. The SMILES string of the molecule is Cc1ccc[n+](C2=C(c3c(C(C)C)nn(-c4ccc(Cl)cc4)c3[O-])C(=O)N(c3ccccc3F)C2=O)c1. The van der Waals surface area contributed by atoms with Gasteiger partial charge in [-0.1, -0.05) is 37.6 Å². The van der Waals surface area contributed by atoms with E-state index in [9.17, 15) is 19.1 Å². The van der Waals surface area contributed by atoms with Gasteiger partial charge in [0.25, 0.3) is 11.6 Å². The maximum atomic E-state index is 14.8. The fourth-order valence-electron chi connectivity index (χ4n) is 4.38. The first-order chi connectivity index (χ1) is 17.7. The predicted molar refractivity (Wildman–Crippen MR) is 135 cm³/mol. The van der Waals surface area contributed by atoms with Gasteiger partial charge in [-0.05, 0) is 61.2 Å². The highest BCUT2D eigenvalue weighted by molar-refractivity contribution is 6.53. The number of carbonyl (C=O) groups excluding carboxylic acids is 2. The number of nitrogens with zero attached hydrogens (tertiary/aromatic N) is 4. The maximum absolute atomic E-state index is 14.8. The topological polar surface area (TPSA) is 82.1 Å². The van der Waals surface area contributed by atoms with Gasteiger partial charge in [0, 0.05) is 22.2 Å². The number of carbonyl (C=O) groups is 2. The molecule has 0 aliphatic carbocycles. The molecule has 37 heavy (non-hydrogen) atoms. The van der Waals surface area contributed by atoms with Crippen LogP contribution in [0.5, 0.6) is 5.88 Å². The van der Waals surface area contributed by atoms with E-state index in [0.717, 1.165) is 10.5 Å². The number of amides is 2. The third-order valence-corrected chi connectivity index (χ3v) is 6.35. The van der Waals surface area contributed by atoms with Crippen molar-refractivity contribution in [2.45, 2.75) is 26.7 Å². The van der Waals surface area contributed by atoms with Crippen LogP contribution in [0, 0.1) is 12.7 Å². The Labute approximate surface area is 217 Å². The van der Waals surface area contributed by atoms with Crippen LogP contribution >= 0.6 is 11.6 Å². The standard InChI is InChI=1S/C28H22ClFN4O3/c1-16(2)24-22(27(36)34(31-24)19-12-10-18(29)11-13-19)23-25(32-14-6-7-17(3)15-32)28(37)33(26(23)35)21-9-5-4-8-20(21)30/h4-16H,1-3H3. The van der Waals surface area contributed by atoms with Crippen molar-refractivity contribution < 1.29 is 23.7 Å². The highest BCUT2D eigenvalue weighted by Gasteiger charge is 2.48. The molecule has 186 valence electrons. The number of halogens is 2. The van der Waals surface area contributed by atoms with Crippen molar-refractivity contribution in [3.63, 3.8) is 0 Å². The number of aryl methyl sites for hydroxylation is 1. The molecule has 0 N–H and O–H groups in total. The summed E-state index contributed by atoms with van der Waals surface area (Å²) in [4.78, 5) is 28.5. The van der Waals surface area contributed by atoms with Crippen molar-refractivity contribution in [1.82, 2.24) is 9.78 Å². The number of pyridine rings is 1. The van der Waals surface area contributed by atoms with Gasteiger partial charge in [0.1, 0.15) is 11.4 Å². The highest BCUT2D eigenvalue weighted by Crippen LogP contribution is 2.41. The molecule has 1 aliphatic rings. The van der Waals surface area contributed by atoms with Gasteiger partial charge in [-0.15, -0.1) is 0 Å². The van der Waals surface area contributed by atoms with E-state index in [4.69, 9.17) is 11.6 Å². The molecule has 0 spiro atoms. The Morgan fingerprint density at radius 1 is 1.00 bits per heavy atom. The Balaban J connectivity index is 1.81. The molecule has 0 unspecified atom stereocenters. The van der Waals surface area contributed by atoms with Gasteiger partial charge in [-0.25, -0.2) is 14.0 Å². The Bertz CT molecular complexity index is 1590. The zero-order chi connectivity index (χ0) is 26.4. The third kappa shape index (κ3) is 4.09. The predicted octanol–water partition coefficient (Wildman–Crippen LogP) is 4.40. The lowest BCUT2D eigenvalue weighted by Crippen LogP contribution is -2.40. The van der Waals surface area contributed by atoms with Crippen LogP contribution in [0.2, 0.25) is 5.02 Å². The van der Waals surface area contributed by atoms with Crippen LogP contribution in [-0.2, 0) is 9.59 Å². The molecule has 0 saturated carbocycles. The van der Waals surface area contributed by atoms with Crippen molar-refractivity contribution in [3.8, 4) is 11.6 Å². The lowest BCUT2D eigenvalue weighted by atomic mass is 9.98.